The Morgan fingerprint density at radius 2 is 2.07 bits per heavy atom. The molecule has 0 aliphatic carbocycles. The molecule has 1 heterocycles. The summed E-state index contributed by atoms with van der Waals surface area (Å²) in [6, 6.07) is -0.722. The van der Waals surface area contributed by atoms with E-state index in [1.807, 2.05) is 0 Å². The van der Waals surface area contributed by atoms with Crippen molar-refractivity contribution < 1.29 is 19.1 Å². The predicted molar refractivity (Wildman–Crippen MR) is 47.4 cm³/mol. The molecule has 5 heteroatoms. The number of amides is 1. The average molecular weight is 199 g/mol. The molecule has 1 fully saturated rings. The molecule has 14 heavy (non-hydrogen) atoms. The second-order valence-corrected chi connectivity index (χ2v) is 3.23. The summed E-state index contributed by atoms with van der Waals surface area (Å²) in [5.74, 6) is -1.93. The van der Waals surface area contributed by atoms with Crippen LogP contribution in [0.5, 0.6) is 0 Å². The van der Waals surface area contributed by atoms with E-state index in [-0.39, 0.29) is 18.3 Å². The number of β-lactam (4-membered cyclic amide) rings is 1. The van der Waals surface area contributed by atoms with Crippen LogP contribution in [0.25, 0.3) is 0 Å². The van der Waals surface area contributed by atoms with Crippen LogP contribution in [0.4, 0.5) is 0 Å². The van der Waals surface area contributed by atoms with E-state index in [2.05, 4.69) is 0 Å². The molecule has 0 aromatic carbocycles. The van der Waals surface area contributed by atoms with Crippen LogP contribution in [0, 0.1) is 5.92 Å². The summed E-state index contributed by atoms with van der Waals surface area (Å²) in [5, 5.41) is 0. The lowest BCUT2D eigenvalue weighted by atomic mass is 9.85. The van der Waals surface area contributed by atoms with E-state index >= 15 is 0 Å². The number of hydrogen-bond donors (Lipinski definition) is 0. The van der Waals surface area contributed by atoms with Crippen LogP contribution in [0.1, 0.15) is 13.8 Å². The second-order valence-electron chi connectivity index (χ2n) is 3.23. The maximum absolute atomic E-state index is 11.3. The van der Waals surface area contributed by atoms with Crippen molar-refractivity contribution in [3.63, 3.8) is 0 Å². The standard InChI is InChI=1S/C9H13NO4/c1-4-14-9(13)7-6(5(2)11)8(12)10(7)3/h6-7H,4H2,1-3H3/t6-,7+/m0/s1. The van der Waals surface area contributed by atoms with Crippen molar-refractivity contribution in [1.82, 2.24) is 4.90 Å². The van der Waals surface area contributed by atoms with Gasteiger partial charge in [0, 0.05) is 7.05 Å². The minimum absolute atomic E-state index is 0.252. The van der Waals surface area contributed by atoms with Gasteiger partial charge >= 0.3 is 5.97 Å². The summed E-state index contributed by atoms with van der Waals surface area (Å²) >= 11 is 0. The quantitative estimate of drug-likeness (QED) is 0.352. The first-order valence-corrected chi connectivity index (χ1v) is 4.44. The van der Waals surface area contributed by atoms with Gasteiger partial charge in [-0.25, -0.2) is 4.79 Å². The molecule has 0 radical (unpaired) electrons. The molecule has 1 aliphatic heterocycles. The van der Waals surface area contributed by atoms with Gasteiger partial charge in [-0.15, -0.1) is 0 Å². The van der Waals surface area contributed by atoms with Gasteiger partial charge in [-0.2, -0.15) is 0 Å². The molecular formula is C9H13NO4. The fraction of sp³-hybridized carbons (Fsp3) is 0.667. The largest absolute Gasteiger partial charge is 0.464 e. The predicted octanol–water partition coefficient (Wildman–Crippen LogP) is -0.405. The number of nitrogens with zero attached hydrogens (tertiary/aromatic N) is 1. The third kappa shape index (κ3) is 1.49. The van der Waals surface area contributed by atoms with Gasteiger partial charge in [-0.05, 0) is 13.8 Å². The fourth-order valence-electron chi connectivity index (χ4n) is 1.55. The van der Waals surface area contributed by atoms with Gasteiger partial charge in [-0.1, -0.05) is 0 Å². The van der Waals surface area contributed by atoms with Crippen LogP contribution in [-0.4, -0.2) is 42.3 Å². The minimum atomic E-state index is -0.834. The van der Waals surface area contributed by atoms with Gasteiger partial charge in [0.25, 0.3) is 0 Å². The van der Waals surface area contributed by atoms with Crippen LogP contribution in [0.15, 0.2) is 0 Å². The van der Waals surface area contributed by atoms with Crippen molar-refractivity contribution in [2.45, 2.75) is 19.9 Å². The van der Waals surface area contributed by atoms with Gasteiger partial charge in [0.05, 0.1) is 6.61 Å². The number of likely N-dealkylation sites (N-methyl/N-ethyl adjacent to an activating group) is 1. The second kappa shape index (κ2) is 3.77. The summed E-state index contributed by atoms with van der Waals surface area (Å²) in [6.45, 7) is 3.24. The number of likely N-dealkylation sites (tertiary alicyclic amines) is 1. The summed E-state index contributed by atoms with van der Waals surface area (Å²) in [6.07, 6.45) is 0. The Hall–Kier alpha value is -1.39. The lowest BCUT2D eigenvalue weighted by molar-refractivity contribution is -0.174. The molecule has 0 N–H and O–H groups in total. The highest BCUT2D eigenvalue weighted by Gasteiger charge is 2.52. The van der Waals surface area contributed by atoms with Crippen LogP contribution >= 0.6 is 0 Å². The topological polar surface area (TPSA) is 63.7 Å². The number of Topliss-reactive ketones (excluding diaryl/α,β-unsaturated/α-hetero) is 1. The lowest BCUT2D eigenvalue weighted by Crippen LogP contribution is -2.65. The van der Waals surface area contributed by atoms with E-state index in [1.54, 1.807) is 6.92 Å². The molecule has 0 spiro atoms. The Morgan fingerprint density at radius 3 is 2.50 bits per heavy atom. The molecule has 0 aromatic heterocycles. The number of ether oxygens (including phenoxy) is 1. The summed E-state index contributed by atoms with van der Waals surface area (Å²) in [4.78, 5) is 34.8. The maximum atomic E-state index is 11.3. The van der Waals surface area contributed by atoms with E-state index in [9.17, 15) is 14.4 Å². The first-order chi connectivity index (χ1) is 6.50. The van der Waals surface area contributed by atoms with Crippen LogP contribution in [0.3, 0.4) is 0 Å². The molecule has 0 unspecified atom stereocenters. The van der Waals surface area contributed by atoms with E-state index in [4.69, 9.17) is 4.74 Å². The highest BCUT2D eigenvalue weighted by molar-refractivity contribution is 6.11. The molecular weight excluding hydrogens is 186 g/mol. The average Bonchev–Trinajstić information content (AvgIpc) is 2.11. The van der Waals surface area contributed by atoms with Crippen molar-refractivity contribution in [3.05, 3.63) is 0 Å². The van der Waals surface area contributed by atoms with E-state index in [1.165, 1.54) is 18.9 Å². The molecule has 1 aliphatic rings. The van der Waals surface area contributed by atoms with Gasteiger partial charge in [0.1, 0.15) is 17.7 Å². The highest BCUT2D eigenvalue weighted by Crippen LogP contribution is 2.26. The third-order valence-electron chi connectivity index (χ3n) is 2.31. The van der Waals surface area contributed by atoms with Crippen molar-refractivity contribution in [3.8, 4) is 0 Å². The van der Waals surface area contributed by atoms with Crippen molar-refractivity contribution in [1.29, 1.82) is 0 Å². The first-order valence-electron chi connectivity index (χ1n) is 4.44. The van der Waals surface area contributed by atoms with Crippen molar-refractivity contribution in [2.24, 2.45) is 5.92 Å². The molecule has 78 valence electrons. The molecule has 0 aromatic rings. The lowest BCUT2D eigenvalue weighted by Gasteiger charge is -2.41. The van der Waals surface area contributed by atoms with Crippen molar-refractivity contribution in [2.75, 3.05) is 13.7 Å². The van der Waals surface area contributed by atoms with Crippen LogP contribution < -0.4 is 0 Å². The summed E-state index contributed by atoms with van der Waals surface area (Å²) < 4.78 is 4.76. The number of carbonyl (C=O) groups is 3. The number of hydrogen-bond acceptors (Lipinski definition) is 4. The van der Waals surface area contributed by atoms with E-state index < -0.39 is 17.9 Å². The van der Waals surface area contributed by atoms with Gasteiger partial charge in [-0.3, -0.25) is 9.59 Å². The van der Waals surface area contributed by atoms with E-state index in [0.29, 0.717) is 0 Å². The molecule has 5 nitrogen and oxygen atoms in total. The van der Waals surface area contributed by atoms with Gasteiger partial charge in [0.2, 0.25) is 5.91 Å². The molecule has 2 atom stereocenters. The Morgan fingerprint density at radius 1 is 1.50 bits per heavy atom. The molecule has 0 bridgehead atoms. The maximum Gasteiger partial charge on any atom is 0.330 e. The van der Waals surface area contributed by atoms with E-state index in [0.717, 1.165) is 0 Å². The summed E-state index contributed by atoms with van der Waals surface area (Å²) in [7, 11) is 1.49. The normalized spacial score (nSPS) is 25.6. The number of ketones is 1. The van der Waals surface area contributed by atoms with Crippen LogP contribution in [-0.2, 0) is 19.1 Å². The van der Waals surface area contributed by atoms with Crippen molar-refractivity contribution >= 4 is 17.7 Å². The monoisotopic (exact) mass is 199 g/mol. The third-order valence-corrected chi connectivity index (χ3v) is 2.31. The van der Waals surface area contributed by atoms with Crippen LogP contribution in [0.2, 0.25) is 0 Å². The Kier molecular flexibility index (Phi) is 2.88. The SMILES string of the molecule is CCOC(=O)[C@H]1[C@H](C(C)=O)C(=O)N1C. The number of rotatable bonds is 3. The molecule has 1 saturated heterocycles. The molecule has 1 rings (SSSR count). The Bertz CT molecular complexity index is 287. The zero-order valence-electron chi connectivity index (χ0n) is 8.44. The number of esters is 1. The molecule has 0 saturated carbocycles. The highest BCUT2D eigenvalue weighted by atomic mass is 16.5. The summed E-state index contributed by atoms with van der Waals surface area (Å²) in [5.41, 5.74) is 0. The first kappa shape index (κ1) is 10.7. The Balaban J connectivity index is 2.73. The minimum Gasteiger partial charge on any atom is -0.464 e. The smallest absolute Gasteiger partial charge is 0.330 e. The van der Waals surface area contributed by atoms with Gasteiger partial charge in [0.15, 0.2) is 0 Å². The zero-order valence-corrected chi connectivity index (χ0v) is 8.44. The van der Waals surface area contributed by atoms with Gasteiger partial charge < -0.3 is 9.64 Å². The zero-order chi connectivity index (χ0) is 10.9. The Labute approximate surface area is 82.0 Å². The molecule has 1 amide bonds. The fourth-order valence-corrected chi connectivity index (χ4v) is 1.55. The number of carbonyl (C=O) groups excluding carboxylic acids is 3.